The van der Waals surface area contributed by atoms with Gasteiger partial charge in [-0.1, -0.05) is 0 Å². The lowest BCUT2D eigenvalue weighted by Gasteiger charge is -2.08. The quantitative estimate of drug-likeness (QED) is 0.825. The van der Waals surface area contributed by atoms with Crippen LogP contribution in [0.15, 0.2) is 29.1 Å². The summed E-state index contributed by atoms with van der Waals surface area (Å²) in [6.07, 6.45) is 3.96. The Bertz CT molecular complexity index is 395. The minimum atomic E-state index is -0.846. The van der Waals surface area contributed by atoms with E-state index in [1.807, 2.05) is 0 Å². The third-order valence-corrected chi connectivity index (χ3v) is 2.35. The van der Waals surface area contributed by atoms with Gasteiger partial charge in [-0.2, -0.15) is 0 Å². The molecule has 0 amide bonds. The van der Waals surface area contributed by atoms with Crippen molar-refractivity contribution in [1.82, 2.24) is 9.55 Å². The van der Waals surface area contributed by atoms with Crippen LogP contribution < -0.4 is 0 Å². The molecule has 14 heavy (non-hydrogen) atoms. The lowest BCUT2D eigenvalue weighted by Crippen LogP contribution is -2.06. The van der Waals surface area contributed by atoms with Gasteiger partial charge in [0.05, 0.1) is 6.26 Å². The van der Waals surface area contributed by atoms with Crippen LogP contribution in [0.4, 0.5) is 0 Å². The van der Waals surface area contributed by atoms with Gasteiger partial charge >= 0.3 is 0 Å². The number of hydrogen-bond donors (Lipinski definition) is 1. The monoisotopic (exact) mass is 212 g/mol. The predicted octanol–water partition coefficient (Wildman–Crippen LogP) is 1.75. The Labute approximate surface area is 85.7 Å². The van der Waals surface area contributed by atoms with E-state index in [2.05, 4.69) is 4.98 Å². The topological polar surface area (TPSA) is 51.2 Å². The summed E-state index contributed by atoms with van der Waals surface area (Å²) < 4.78 is 6.62. The number of hydrogen-bond acceptors (Lipinski definition) is 3. The third-order valence-electron chi connectivity index (χ3n) is 2.04. The SMILES string of the molecule is Cn1ccnc1C(O)c1ccoc1Cl. The summed E-state index contributed by atoms with van der Waals surface area (Å²) in [6.45, 7) is 0. The van der Waals surface area contributed by atoms with Gasteiger partial charge in [0, 0.05) is 25.0 Å². The number of furan rings is 1. The number of aliphatic hydroxyl groups is 1. The maximum atomic E-state index is 9.90. The Morgan fingerprint density at radius 3 is 2.93 bits per heavy atom. The lowest BCUT2D eigenvalue weighted by molar-refractivity contribution is 0.205. The highest BCUT2D eigenvalue weighted by molar-refractivity contribution is 6.29. The van der Waals surface area contributed by atoms with Gasteiger partial charge in [0.15, 0.2) is 5.22 Å². The number of halogens is 1. The van der Waals surface area contributed by atoms with Gasteiger partial charge in [-0.3, -0.25) is 0 Å². The molecule has 2 aromatic rings. The first kappa shape index (κ1) is 9.30. The fourth-order valence-corrected chi connectivity index (χ4v) is 1.50. The molecular weight excluding hydrogens is 204 g/mol. The van der Waals surface area contributed by atoms with Crippen molar-refractivity contribution in [3.05, 3.63) is 41.3 Å². The molecule has 1 unspecified atom stereocenters. The van der Waals surface area contributed by atoms with Crippen LogP contribution in [0, 0.1) is 0 Å². The smallest absolute Gasteiger partial charge is 0.199 e. The Hall–Kier alpha value is -1.26. The Morgan fingerprint density at radius 1 is 1.64 bits per heavy atom. The fourth-order valence-electron chi connectivity index (χ4n) is 1.28. The van der Waals surface area contributed by atoms with Crippen molar-refractivity contribution in [3.63, 3.8) is 0 Å². The highest BCUT2D eigenvalue weighted by Crippen LogP contribution is 2.27. The molecular formula is C9H9ClN2O2. The second kappa shape index (κ2) is 3.48. The Balaban J connectivity index is 2.38. The van der Waals surface area contributed by atoms with Crippen molar-refractivity contribution in [1.29, 1.82) is 0 Å². The van der Waals surface area contributed by atoms with E-state index < -0.39 is 6.10 Å². The van der Waals surface area contributed by atoms with E-state index in [4.69, 9.17) is 16.0 Å². The largest absolute Gasteiger partial charge is 0.453 e. The number of aryl methyl sites for hydroxylation is 1. The van der Waals surface area contributed by atoms with E-state index >= 15 is 0 Å². The zero-order valence-corrected chi connectivity index (χ0v) is 8.27. The average molecular weight is 213 g/mol. The average Bonchev–Trinajstić information content (AvgIpc) is 2.73. The fraction of sp³-hybridized carbons (Fsp3) is 0.222. The maximum absolute atomic E-state index is 9.90. The lowest BCUT2D eigenvalue weighted by atomic mass is 10.2. The molecule has 74 valence electrons. The second-order valence-electron chi connectivity index (χ2n) is 2.95. The molecule has 0 spiro atoms. The zero-order chi connectivity index (χ0) is 10.1. The van der Waals surface area contributed by atoms with Gasteiger partial charge in [-0.15, -0.1) is 0 Å². The number of nitrogens with zero attached hydrogens (tertiary/aromatic N) is 2. The Kier molecular flexibility index (Phi) is 2.31. The van der Waals surface area contributed by atoms with Crippen LogP contribution in [-0.4, -0.2) is 14.7 Å². The van der Waals surface area contributed by atoms with Gasteiger partial charge < -0.3 is 14.1 Å². The van der Waals surface area contributed by atoms with Crippen molar-refractivity contribution in [2.24, 2.45) is 7.05 Å². The van der Waals surface area contributed by atoms with Crippen LogP contribution in [0.25, 0.3) is 0 Å². The van der Waals surface area contributed by atoms with Gasteiger partial charge in [0.1, 0.15) is 11.9 Å². The standard InChI is InChI=1S/C9H9ClN2O2/c1-12-4-3-11-9(12)7(13)6-2-5-14-8(6)10/h2-5,7,13H,1H3. The molecule has 0 aliphatic heterocycles. The van der Waals surface area contributed by atoms with Gasteiger partial charge in [-0.05, 0) is 17.7 Å². The van der Waals surface area contributed by atoms with Crippen LogP contribution in [0.1, 0.15) is 17.5 Å². The summed E-state index contributed by atoms with van der Waals surface area (Å²) in [5.41, 5.74) is 0.529. The van der Waals surface area contributed by atoms with Crippen LogP contribution in [0.3, 0.4) is 0 Å². The molecule has 2 heterocycles. The van der Waals surface area contributed by atoms with E-state index in [-0.39, 0.29) is 5.22 Å². The summed E-state index contributed by atoms with van der Waals surface area (Å²) in [7, 11) is 1.81. The van der Waals surface area contributed by atoms with Gasteiger partial charge in [-0.25, -0.2) is 4.98 Å². The molecule has 4 nitrogen and oxygen atoms in total. The Morgan fingerprint density at radius 2 is 2.43 bits per heavy atom. The molecule has 1 N–H and O–H groups in total. The molecule has 2 aromatic heterocycles. The molecule has 0 saturated heterocycles. The maximum Gasteiger partial charge on any atom is 0.199 e. The number of aromatic nitrogens is 2. The van der Waals surface area contributed by atoms with E-state index in [9.17, 15) is 5.11 Å². The summed E-state index contributed by atoms with van der Waals surface area (Å²) in [6, 6.07) is 1.63. The van der Waals surface area contributed by atoms with Crippen molar-refractivity contribution in [3.8, 4) is 0 Å². The molecule has 0 radical (unpaired) electrons. The summed E-state index contributed by atoms with van der Waals surface area (Å²) in [5.74, 6) is 0.535. The summed E-state index contributed by atoms with van der Waals surface area (Å²) in [4.78, 5) is 4.03. The van der Waals surface area contributed by atoms with Crippen LogP contribution >= 0.6 is 11.6 Å². The molecule has 0 aromatic carbocycles. The molecule has 0 aliphatic rings. The van der Waals surface area contributed by atoms with Crippen LogP contribution in [-0.2, 0) is 7.05 Å². The molecule has 0 fully saturated rings. The highest BCUT2D eigenvalue weighted by atomic mass is 35.5. The number of imidazole rings is 1. The first-order valence-corrected chi connectivity index (χ1v) is 4.46. The molecule has 0 bridgehead atoms. The molecule has 0 aliphatic carbocycles. The predicted molar refractivity (Wildman–Crippen MR) is 51.0 cm³/mol. The third kappa shape index (κ3) is 1.42. The first-order valence-electron chi connectivity index (χ1n) is 4.08. The molecule has 0 saturated carbocycles. The summed E-state index contributed by atoms with van der Waals surface area (Å²) >= 11 is 5.74. The van der Waals surface area contributed by atoms with Crippen molar-refractivity contribution in [2.75, 3.05) is 0 Å². The zero-order valence-electron chi connectivity index (χ0n) is 7.51. The van der Waals surface area contributed by atoms with E-state index in [0.717, 1.165) is 0 Å². The normalized spacial score (nSPS) is 13.1. The van der Waals surface area contributed by atoms with Crippen LogP contribution in [0.5, 0.6) is 0 Å². The van der Waals surface area contributed by atoms with E-state index in [0.29, 0.717) is 11.4 Å². The first-order chi connectivity index (χ1) is 6.70. The van der Waals surface area contributed by atoms with E-state index in [1.54, 1.807) is 30.1 Å². The minimum Gasteiger partial charge on any atom is -0.453 e. The minimum absolute atomic E-state index is 0.195. The van der Waals surface area contributed by atoms with Gasteiger partial charge in [0.25, 0.3) is 0 Å². The number of rotatable bonds is 2. The summed E-state index contributed by atoms with van der Waals surface area (Å²) in [5, 5.41) is 10.1. The van der Waals surface area contributed by atoms with Crippen molar-refractivity contribution >= 4 is 11.6 Å². The molecule has 1 atom stereocenters. The van der Waals surface area contributed by atoms with Gasteiger partial charge in [0.2, 0.25) is 0 Å². The molecule has 5 heteroatoms. The second-order valence-corrected chi connectivity index (χ2v) is 3.29. The van der Waals surface area contributed by atoms with Crippen molar-refractivity contribution in [2.45, 2.75) is 6.10 Å². The molecule has 2 rings (SSSR count). The number of aliphatic hydroxyl groups excluding tert-OH is 1. The van der Waals surface area contributed by atoms with Crippen molar-refractivity contribution < 1.29 is 9.52 Å². The highest BCUT2D eigenvalue weighted by Gasteiger charge is 2.19. The van der Waals surface area contributed by atoms with Crippen LogP contribution in [0.2, 0.25) is 5.22 Å². The van der Waals surface area contributed by atoms with E-state index in [1.165, 1.54) is 6.26 Å².